The van der Waals surface area contributed by atoms with Crippen molar-refractivity contribution in [2.75, 3.05) is 11.9 Å². The predicted molar refractivity (Wildman–Crippen MR) is 68.1 cm³/mol. The first-order valence-electron chi connectivity index (χ1n) is 5.27. The molecule has 5 nitrogen and oxygen atoms in total. The summed E-state index contributed by atoms with van der Waals surface area (Å²) in [6.07, 6.45) is 2.84. The minimum Gasteiger partial charge on any atom is -0.330 e. The minimum atomic E-state index is -0.246. The van der Waals surface area contributed by atoms with E-state index in [1.54, 1.807) is 0 Å². The number of nitrogens with two attached hydrogens (primary N) is 1. The lowest BCUT2D eigenvalue weighted by molar-refractivity contribution is -0.119. The fourth-order valence-electron chi connectivity index (χ4n) is 1.36. The first-order chi connectivity index (χ1) is 8.10. The van der Waals surface area contributed by atoms with Gasteiger partial charge in [-0.2, -0.15) is 0 Å². The van der Waals surface area contributed by atoms with Gasteiger partial charge in [0.2, 0.25) is 5.91 Å². The van der Waals surface area contributed by atoms with Gasteiger partial charge in [0.1, 0.15) is 11.3 Å². The molecule has 3 N–H and O–H groups in total. The van der Waals surface area contributed by atoms with Crippen LogP contribution in [0.3, 0.4) is 0 Å². The Morgan fingerprint density at radius 1 is 1.53 bits per heavy atom. The molecule has 1 rings (SSSR count). The first-order valence-corrected chi connectivity index (χ1v) is 6.02. The zero-order chi connectivity index (χ0) is 12.8. The van der Waals surface area contributed by atoms with Crippen LogP contribution in [0.2, 0.25) is 10.2 Å². The molecule has 0 saturated carbocycles. The first kappa shape index (κ1) is 14.2. The van der Waals surface area contributed by atoms with Crippen LogP contribution in [-0.4, -0.2) is 22.4 Å². The number of rotatable bonds is 5. The molecule has 0 radical (unpaired) electrons. The van der Waals surface area contributed by atoms with E-state index < -0.39 is 0 Å². The highest BCUT2D eigenvalue weighted by molar-refractivity contribution is 6.42. The van der Waals surface area contributed by atoms with Crippen LogP contribution in [0.1, 0.15) is 19.8 Å². The molecule has 1 atom stereocenters. The second-order valence-corrected chi connectivity index (χ2v) is 4.27. The molecule has 0 aliphatic carbocycles. The lowest BCUT2D eigenvalue weighted by Crippen LogP contribution is -2.29. The molecule has 94 valence electrons. The van der Waals surface area contributed by atoms with Gasteiger partial charge in [0.15, 0.2) is 11.0 Å². The molecule has 0 aliphatic rings. The summed E-state index contributed by atoms with van der Waals surface area (Å²) in [5, 5.41) is 2.84. The van der Waals surface area contributed by atoms with Crippen LogP contribution in [0.15, 0.2) is 6.33 Å². The Bertz CT molecular complexity index is 400. The smallest absolute Gasteiger partial charge is 0.229 e. The van der Waals surface area contributed by atoms with Crippen LogP contribution in [0.25, 0.3) is 0 Å². The normalized spacial score (nSPS) is 12.2. The van der Waals surface area contributed by atoms with Crippen LogP contribution >= 0.6 is 23.2 Å². The van der Waals surface area contributed by atoms with Gasteiger partial charge in [-0.15, -0.1) is 0 Å². The molecular formula is C10H14Cl2N4O. The van der Waals surface area contributed by atoms with Crippen molar-refractivity contribution in [1.82, 2.24) is 9.97 Å². The summed E-state index contributed by atoms with van der Waals surface area (Å²) in [6.45, 7) is 2.28. The van der Waals surface area contributed by atoms with Gasteiger partial charge >= 0.3 is 0 Å². The number of amides is 1. The Hall–Kier alpha value is -0.910. The van der Waals surface area contributed by atoms with Gasteiger partial charge in [0, 0.05) is 6.54 Å². The molecule has 0 saturated heterocycles. The summed E-state index contributed by atoms with van der Waals surface area (Å²) in [4.78, 5) is 19.4. The van der Waals surface area contributed by atoms with Gasteiger partial charge in [-0.3, -0.25) is 4.79 Å². The quantitative estimate of drug-likeness (QED) is 0.807. The molecular weight excluding hydrogens is 263 g/mol. The van der Waals surface area contributed by atoms with Crippen molar-refractivity contribution in [3.63, 3.8) is 0 Å². The van der Waals surface area contributed by atoms with Crippen molar-refractivity contribution in [2.24, 2.45) is 11.7 Å². The number of nitrogens with one attached hydrogen (secondary N) is 1. The van der Waals surface area contributed by atoms with E-state index in [0.717, 1.165) is 12.8 Å². The van der Waals surface area contributed by atoms with Crippen LogP contribution in [-0.2, 0) is 4.79 Å². The molecule has 0 aliphatic heterocycles. The van der Waals surface area contributed by atoms with Gasteiger partial charge in [-0.25, -0.2) is 9.97 Å². The largest absolute Gasteiger partial charge is 0.330 e. The summed E-state index contributed by atoms with van der Waals surface area (Å²) in [6, 6.07) is 0. The maximum atomic E-state index is 11.8. The number of carbonyl (C=O) groups excluding carboxylic acids is 1. The lowest BCUT2D eigenvalue weighted by Gasteiger charge is -2.13. The zero-order valence-corrected chi connectivity index (χ0v) is 10.9. The highest BCUT2D eigenvalue weighted by atomic mass is 35.5. The van der Waals surface area contributed by atoms with Crippen molar-refractivity contribution in [3.8, 4) is 0 Å². The Kier molecular flexibility index (Phi) is 5.61. The molecule has 0 spiro atoms. The second kappa shape index (κ2) is 6.74. The highest BCUT2D eigenvalue weighted by Gasteiger charge is 2.18. The third-order valence-electron chi connectivity index (χ3n) is 2.28. The van der Waals surface area contributed by atoms with E-state index in [4.69, 9.17) is 28.9 Å². The van der Waals surface area contributed by atoms with E-state index in [1.165, 1.54) is 6.33 Å². The molecule has 1 aromatic rings. The minimum absolute atomic E-state index is 0.108. The third-order valence-corrected chi connectivity index (χ3v) is 3.02. The fourth-order valence-corrected chi connectivity index (χ4v) is 1.64. The average Bonchev–Trinajstić information content (AvgIpc) is 2.31. The van der Waals surface area contributed by atoms with Crippen LogP contribution in [0, 0.1) is 5.92 Å². The molecule has 0 bridgehead atoms. The molecule has 1 aromatic heterocycles. The van der Waals surface area contributed by atoms with E-state index in [2.05, 4.69) is 15.3 Å². The van der Waals surface area contributed by atoms with Crippen molar-refractivity contribution >= 4 is 34.9 Å². The van der Waals surface area contributed by atoms with E-state index >= 15 is 0 Å². The summed E-state index contributed by atoms with van der Waals surface area (Å²) >= 11 is 11.6. The monoisotopic (exact) mass is 276 g/mol. The Balaban J connectivity index is 2.76. The number of halogens is 2. The van der Waals surface area contributed by atoms with Crippen molar-refractivity contribution in [2.45, 2.75) is 19.8 Å². The fraction of sp³-hybridized carbons (Fsp3) is 0.500. The Labute approximate surface area is 110 Å². The standard InChI is InChI=1S/C10H14Cl2N4O/c1-2-3-6(4-13)10(17)16-9-7(11)8(12)14-5-15-9/h5-6H,2-4,13H2,1H3,(H,14,15,16,17). The number of nitrogens with zero attached hydrogens (tertiary/aromatic N) is 2. The molecule has 0 fully saturated rings. The van der Waals surface area contributed by atoms with Gasteiger partial charge in [0.25, 0.3) is 0 Å². The maximum absolute atomic E-state index is 11.8. The number of hydrogen-bond acceptors (Lipinski definition) is 4. The number of carbonyl (C=O) groups is 1. The number of hydrogen-bond donors (Lipinski definition) is 2. The number of anilines is 1. The highest BCUT2D eigenvalue weighted by Crippen LogP contribution is 2.25. The van der Waals surface area contributed by atoms with Gasteiger partial charge in [-0.1, -0.05) is 36.5 Å². The SMILES string of the molecule is CCCC(CN)C(=O)Nc1ncnc(Cl)c1Cl. The summed E-state index contributed by atoms with van der Waals surface area (Å²) < 4.78 is 0. The predicted octanol–water partition coefficient (Wildman–Crippen LogP) is 2.10. The van der Waals surface area contributed by atoms with Crippen LogP contribution < -0.4 is 11.1 Å². The Morgan fingerprint density at radius 2 is 2.24 bits per heavy atom. The van der Waals surface area contributed by atoms with E-state index in [0.29, 0.717) is 0 Å². The van der Waals surface area contributed by atoms with Crippen LogP contribution in [0.5, 0.6) is 0 Å². The summed E-state index contributed by atoms with van der Waals surface area (Å²) in [5.74, 6) is -0.234. The van der Waals surface area contributed by atoms with E-state index in [-0.39, 0.29) is 34.4 Å². The van der Waals surface area contributed by atoms with Crippen molar-refractivity contribution in [3.05, 3.63) is 16.5 Å². The average molecular weight is 277 g/mol. The Morgan fingerprint density at radius 3 is 2.82 bits per heavy atom. The molecule has 17 heavy (non-hydrogen) atoms. The molecule has 1 unspecified atom stereocenters. The topological polar surface area (TPSA) is 80.9 Å². The van der Waals surface area contributed by atoms with Crippen LogP contribution in [0.4, 0.5) is 5.82 Å². The molecule has 0 aromatic carbocycles. The summed E-state index contributed by atoms with van der Waals surface area (Å²) in [7, 11) is 0. The van der Waals surface area contributed by atoms with E-state index in [1.807, 2.05) is 6.92 Å². The molecule has 7 heteroatoms. The van der Waals surface area contributed by atoms with Crippen molar-refractivity contribution in [1.29, 1.82) is 0 Å². The summed E-state index contributed by atoms with van der Waals surface area (Å²) in [5.41, 5.74) is 5.53. The lowest BCUT2D eigenvalue weighted by atomic mass is 10.0. The third kappa shape index (κ3) is 3.80. The maximum Gasteiger partial charge on any atom is 0.229 e. The molecule has 1 amide bonds. The zero-order valence-electron chi connectivity index (χ0n) is 9.41. The second-order valence-electron chi connectivity index (χ2n) is 3.54. The van der Waals surface area contributed by atoms with Gasteiger partial charge in [0.05, 0.1) is 5.92 Å². The van der Waals surface area contributed by atoms with Gasteiger partial charge < -0.3 is 11.1 Å². The molecule has 1 heterocycles. The van der Waals surface area contributed by atoms with Crippen molar-refractivity contribution < 1.29 is 4.79 Å². The van der Waals surface area contributed by atoms with E-state index in [9.17, 15) is 4.79 Å². The number of aromatic nitrogens is 2. The van der Waals surface area contributed by atoms with Gasteiger partial charge in [-0.05, 0) is 6.42 Å².